The molecule has 4 aromatic carbocycles. The van der Waals surface area contributed by atoms with Crippen molar-refractivity contribution in [1.82, 2.24) is 0 Å². The maximum absolute atomic E-state index is 14.6. The Morgan fingerprint density at radius 1 is 0.500 bits per heavy atom. The van der Waals surface area contributed by atoms with Crippen LogP contribution in [-0.4, -0.2) is 0 Å². The van der Waals surface area contributed by atoms with Crippen molar-refractivity contribution in [3.8, 4) is 33.8 Å². The van der Waals surface area contributed by atoms with Gasteiger partial charge in [-0.05, 0) is 47.0 Å². The third-order valence-electron chi connectivity index (χ3n) is 4.20. The maximum Gasteiger partial charge on any atom is 0.131 e. The van der Waals surface area contributed by atoms with Crippen LogP contribution in [0, 0.1) is 5.82 Å². The first-order valence-corrected chi connectivity index (χ1v) is 8.48. The largest absolute Gasteiger partial charge is 0.457 e. The summed E-state index contributed by atoms with van der Waals surface area (Å²) in [6, 6.07) is 32.2. The van der Waals surface area contributed by atoms with E-state index in [0.717, 1.165) is 28.2 Å². The van der Waals surface area contributed by atoms with E-state index < -0.39 is 0 Å². The van der Waals surface area contributed by atoms with Crippen molar-refractivity contribution < 1.29 is 9.13 Å². The first-order valence-electron chi connectivity index (χ1n) is 8.48. The first kappa shape index (κ1) is 16.1. The summed E-state index contributed by atoms with van der Waals surface area (Å²) in [7, 11) is 0. The molecule has 4 rings (SSSR count). The van der Waals surface area contributed by atoms with Crippen LogP contribution in [0.15, 0.2) is 103 Å². The van der Waals surface area contributed by atoms with Crippen molar-refractivity contribution in [1.29, 1.82) is 0 Å². The standard InChI is InChI=1S/C24H17FO/c25-24-17-20(14-15-23(24)18-8-3-1-4-9-18)19-10-7-13-22(16-19)26-21-11-5-2-6-12-21/h1-17H. The van der Waals surface area contributed by atoms with Crippen LogP contribution in [0.4, 0.5) is 4.39 Å². The highest BCUT2D eigenvalue weighted by molar-refractivity contribution is 5.71. The van der Waals surface area contributed by atoms with Gasteiger partial charge in [0.25, 0.3) is 0 Å². The average Bonchev–Trinajstić information content (AvgIpc) is 2.69. The van der Waals surface area contributed by atoms with Gasteiger partial charge < -0.3 is 4.74 Å². The van der Waals surface area contributed by atoms with Crippen molar-refractivity contribution >= 4 is 0 Å². The molecule has 0 atom stereocenters. The van der Waals surface area contributed by atoms with Crippen molar-refractivity contribution in [3.05, 3.63) is 109 Å². The molecule has 1 nitrogen and oxygen atoms in total. The Kier molecular flexibility index (Phi) is 4.48. The Hall–Kier alpha value is -3.39. The number of rotatable bonds is 4. The lowest BCUT2D eigenvalue weighted by Crippen LogP contribution is -1.88. The van der Waals surface area contributed by atoms with Gasteiger partial charge in [-0.3, -0.25) is 0 Å². The maximum atomic E-state index is 14.6. The van der Waals surface area contributed by atoms with E-state index in [1.165, 1.54) is 0 Å². The molecule has 0 spiro atoms. The minimum absolute atomic E-state index is 0.233. The van der Waals surface area contributed by atoms with Crippen molar-refractivity contribution in [2.24, 2.45) is 0 Å². The molecular weight excluding hydrogens is 323 g/mol. The number of halogens is 1. The van der Waals surface area contributed by atoms with Crippen molar-refractivity contribution in [2.75, 3.05) is 0 Å². The summed E-state index contributed by atoms with van der Waals surface area (Å²) in [4.78, 5) is 0. The van der Waals surface area contributed by atoms with Crippen LogP contribution in [-0.2, 0) is 0 Å². The van der Waals surface area contributed by atoms with E-state index in [2.05, 4.69) is 0 Å². The number of hydrogen-bond donors (Lipinski definition) is 0. The predicted molar refractivity (Wildman–Crippen MR) is 104 cm³/mol. The highest BCUT2D eigenvalue weighted by Crippen LogP contribution is 2.30. The summed E-state index contributed by atoms with van der Waals surface area (Å²) < 4.78 is 20.5. The smallest absolute Gasteiger partial charge is 0.131 e. The molecule has 0 aliphatic heterocycles. The molecule has 0 unspecified atom stereocenters. The molecule has 26 heavy (non-hydrogen) atoms. The Balaban J connectivity index is 1.64. The van der Waals surface area contributed by atoms with Gasteiger partial charge in [-0.25, -0.2) is 4.39 Å². The molecule has 0 saturated heterocycles. The summed E-state index contributed by atoms with van der Waals surface area (Å²) in [5.74, 6) is 1.26. The lowest BCUT2D eigenvalue weighted by molar-refractivity contribution is 0.483. The third kappa shape index (κ3) is 3.50. The topological polar surface area (TPSA) is 9.23 Å². The molecule has 0 amide bonds. The monoisotopic (exact) mass is 340 g/mol. The Morgan fingerprint density at radius 2 is 1.12 bits per heavy atom. The molecule has 0 saturated carbocycles. The van der Waals surface area contributed by atoms with Gasteiger partial charge in [0.2, 0.25) is 0 Å². The molecule has 0 N–H and O–H groups in total. The SMILES string of the molecule is Fc1cc(-c2cccc(Oc3ccccc3)c2)ccc1-c1ccccc1. The molecule has 0 bridgehead atoms. The summed E-state index contributed by atoms with van der Waals surface area (Å²) >= 11 is 0. The van der Waals surface area contributed by atoms with Crippen LogP contribution in [0.25, 0.3) is 22.3 Å². The highest BCUT2D eigenvalue weighted by Gasteiger charge is 2.08. The van der Waals surface area contributed by atoms with Gasteiger partial charge in [-0.2, -0.15) is 0 Å². The highest BCUT2D eigenvalue weighted by atomic mass is 19.1. The second-order valence-electron chi connectivity index (χ2n) is 6.00. The summed E-state index contributed by atoms with van der Waals surface area (Å²) in [6.07, 6.45) is 0. The van der Waals surface area contributed by atoms with Gasteiger partial charge in [0, 0.05) is 5.56 Å². The number of hydrogen-bond acceptors (Lipinski definition) is 1. The van der Waals surface area contributed by atoms with Gasteiger partial charge in [-0.15, -0.1) is 0 Å². The van der Waals surface area contributed by atoms with Crippen LogP contribution in [0.2, 0.25) is 0 Å². The zero-order valence-electron chi connectivity index (χ0n) is 14.1. The van der Waals surface area contributed by atoms with Gasteiger partial charge in [-0.1, -0.05) is 72.8 Å². The zero-order chi connectivity index (χ0) is 17.8. The van der Waals surface area contributed by atoms with Gasteiger partial charge in [0.05, 0.1) is 0 Å². The minimum atomic E-state index is -0.233. The van der Waals surface area contributed by atoms with E-state index >= 15 is 0 Å². The van der Waals surface area contributed by atoms with E-state index in [4.69, 9.17) is 4.74 Å². The molecule has 4 aromatic rings. The summed E-state index contributed by atoms with van der Waals surface area (Å²) in [6.45, 7) is 0. The number of ether oxygens (including phenoxy) is 1. The predicted octanol–water partition coefficient (Wildman–Crippen LogP) is 6.95. The van der Waals surface area contributed by atoms with Crippen LogP contribution < -0.4 is 4.74 Å². The van der Waals surface area contributed by atoms with Crippen molar-refractivity contribution in [2.45, 2.75) is 0 Å². The molecule has 2 heteroatoms. The molecule has 0 aromatic heterocycles. The van der Waals surface area contributed by atoms with Crippen LogP contribution in [0.5, 0.6) is 11.5 Å². The van der Waals surface area contributed by atoms with E-state index in [1.807, 2.05) is 97.1 Å². The van der Waals surface area contributed by atoms with Gasteiger partial charge in [0.1, 0.15) is 17.3 Å². The fourth-order valence-electron chi connectivity index (χ4n) is 2.91. The lowest BCUT2D eigenvalue weighted by Gasteiger charge is -2.09. The second-order valence-corrected chi connectivity index (χ2v) is 6.00. The quantitative estimate of drug-likeness (QED) is 0.390. The molecule has 0 fully saturated rings. The lowest BCUT2D eigenvalue weighted by atomic mass is 9.99. The van der Waals surface area contributed by atoms with Crippen LogP contribution in [0.3, 0.4) is 0 Å². The Bertz CT molecular complexity index is 1010. The Morgan fingerprint density at radius 3 is 1.85 bits per heavy atom. The molecular formula is C24H17FO. The molecule has 126 valence electrons. The molecule has 0 aliphatic carbocycles. The average molecular weight is 340 g/mol. The van der Waals surface area contributed by atoms with Gasteiger partial charge in [0.15, 0.2) is 0 Å². The Labute approximate surface area is 152 Å². The minimum Gasteiger partial charge on any atom is -0.457 e. The number of para-hydroxylation sites is 1. The van der Waals surface area contributed by atoms with Crippen molar-refractivity contribution in [3.63, 3.8) is 0 Å². The fraction of sp³-hybridized carbons (Fsp3) is 0. The molecule has 0 heterocycles. The third-order valence-corrected chi connectivity index (χ3v) is 4.20. The van der Waals surface area contributed by atoms with Crippen LogP contribution in [0.1, 0.15) is 0 Å². The van der Waals surface area contributed by atoms with E-state index in [-0.39, 0.29) is 5.82 Å². The molecule has 0 aliphatic rings. The zero-order valence-corrected chi connectivity index (χ0v) is 14.1. The summed E-state index contributed by atoms with van der Waals surface area (Å²) in [5, 5.41) is 0. The van der Waals surface area contributed by atoms with E-state index in [0.29, 0.717) is 5.56 Å². The summed E-state index contributed by atoms with van der Waals surface area (Å²) in [5.41, 5.74) is 3.21. The second kappa shape index (κ2) is 7.24. The van der Waals surface area contributed by atoms with Crippen LogP contribution >= 0.6 is 0 Å². The molecule has 0 radical (unpaired) electrons. The fourth-order valence-corrected chi connectivity index (χ4v) is 2.91. The van der Waals surface area contributed by atoms with Gasteiger partial charge >= 0.3 is 0 Å². The first-order chi connectivity index (χ1) is 12.8. The number of benzene rings is 4. The van der Waals surface area contributed by atoms with E-state index in [9.17, 15) is 4.39 Å². The van der Waals surface area contributed by atoms with E-state index in [1.54, 1.807) is 6.07 Å². The normalized spacial score (nSPS) is 10.5.